The van der Waals surface area contributed by atoms with Crippen LogP contribution in [0.3, 0.4) is 0 Å². The van der Waals surface area contributed by atoms with Crippen LogP contribution in [0.25, 0.3) is 0 Å². The number of hydrogen-bond acceptors (Lipinski definition) is 4. The molecular weight excluding hydrogens is 286 g/mol. The molecule has 1 aromatic carbocycles. The topological polar surface area (TPSA) is 64.8 Å². The number of benzene rings is 1. The van der Waals surface area contributed by atoms with Gasteiger partial charge < -0.3 is 4.57 Å². The molecule has 0 atom stereocenters. The van der Waals surface area contributed by atoms with Gasteiger partial charge in [0.25, 0.3) is 0 Å². The fourth-order valence-electron chi connectivity index (χ4n) is 2.32. The smallest absolute Gasteiger partial charge is 0.249 e. The van der Waals surface area contributed by atoms with Gasteiger partial charge in [0, 0.05) is 13.0 Å². The number of rotatable bonds is 4. The largest absolute Gasteiger partial charge is 0.305 e. The quantitative estimate of drug-likeness (QED) is 0.870. The number of nitrogens with zero attached hydrogens (tertiary/aromatic N) is 3. The Labute approximate surface area is 125 Å². The third-order valence-electron chi connectivity index (χ3n) is 3.51. The monoisotopic (exact) mass is 307 g/mol. The van der Waals surface area contributed by atoms with E-state index in [2.05, 4.69) is 10.2 Å². The second-order valence-electron chi connectivity index (χ2n) is 5.74. The molecule has 0 aliphatic carbocycles. The zero-order valence-electron chi connectivity index (χ0n) is 13.1. The Kier molecular flexibility index (Phi) is 4.18. The van der Waals surface area contributed by atoms with Gasteiger partial charge in [-0.1, -0.05) is 37.6 Å². The van der Waals surface area contributed by atoms with Crippen molar-refractivity contribution in [1.29, 1.82) is 0 Å². The fraction of sp³-hybridized carbons (Fsp3) is 0.467. The molecule has 0 fully saturated rings. The molecule has 2 aromatic rings. The summed E-state index contributed by atoms with van der Waals surface area (Å²) in [5, 5.41) is 7.91. The molecule has 0 aliphatic heterocycles. The maximum absolute atomic E-state index is 12.6. The molecule has 6 heteroatoms. The molecule has 114 valence electrons. The van der Waals surface area contributed by atoms with E-state index in [9.17, 15) is 8.42 Å². The van der Waals surface area contributed by atoms with E-state index >= 15 is 0 Å². The van der Waals surface area contributed by atoms with Gasteiger partial charge in [0.1, 0.15) is 5.82 Å². The second kappa shape index (κ2) is 5.60. The van der Waals surface area contributed by atoms with Gasteiger partial charge >= 0.3 is 0 Å². The fourth-order valence-corrected chi connectivity index (χ4v) is 3.85. The number of sulfone groups is 1. The summed E-state index contributed by atoms with van der Waals surface area (Å²) in [5.74, 6) is 0.756. The SMILES string of the molecule is Cc1ccc(C)c(CS(=O)(=O)c2nnc(C(C)C)n2C)c1. The van der Waals surface area contributed by atoms with E-state index in [1.807, 2.05) is 45.9 Å². The van der Waals surface area contributed by atoms with Crippen LogP contribution in [-0.2, 0) is 22.6 Å². The van der Waals surface area contributed by atoms with Gasteiger partial charge in [-0.15, -0.1) is 10.2 Å². The molecule has 21 heavy (non-hydrogen) atoms. The summed E-state index contributed by atoms with van der Waals surface area (Å²) in [7, 11) is -1.81. The number of aromatic nitrogens is 3. The summed E-state index contributed by atoms with van der Waals surface area (Å²) in [6.07, 6.45) is 0. The predicted octanol–water partition coefficient (Wildman–Crippen LogP) is 2.53. The lowest BCUT2D eigenvalue weighted by Gasteiger charge is -2.09. The molecule has 0 spiro atoms. The predicted molar refractivity (Wildman–Crippen MR) is 81.9 cm³/mol. The molecule has 0 saturated carbocycles. The van der Waals surface area contributed by atoms with Gasteiger partial charge in [0.15, 0.2) is 0 Å². The van der Waals surface area contributed by atoms with Gasteiger partial charge in [-0.25, -0.2) is 8.42 Å². The summed E-state index contributed by atoms with van der Waals surface area (Å²) < 4.78 is 26.8. The van der Waals surface area contributed by atoms with Crippen LogP contribution in [0.1, 0.15) is 42.3 Å². The van der Waals surface area contributed by atoms with E-state index in [4.69, 9.17) is 0 Å². The Morgan fingerprint density at radius 1 is 1.19 bits per heavy atom. The van der Waals surface area contributed by atoms with Crippen molar-refractivity contribution < 1.29 is 8.42 Å². The zero-order chi connectivity index (χ0) is 15.8. The normalized spacial score (nSPS) is 12.1. The molecule has 1 aromatic heterocycles. The summed E-state index contributed by atoms with van der Waals surface area (Å²) in [5.41, 5.74) is 2.83. The van der Waals surface area contributed by atoms with E-state index in [1.54, 1.807) is 11.6 Å². The van der Waals surface area contributed by atoms with Crippen LogP contribution in [0, 0.1) is 13.8 Å². The molecule has 5 nitrogen and oxygen atoms in total. The maximum atomic E-state index is 12.6. The highest BCUT2D eigenvalue weighted by Gasteiger charge is 2.25. The first-order chi connectivity index (χ1) is 9.72. The lowest BCUT2D eigenvalue weighted by atomic mass is 10.1. The molecule has 0 bridgehead atoms. The molecule has 0 amide bonds. The average Bonchev–Trinajstić information content (AvgIpc) is 2.76. The Hall–Kier alpha value is -1.69. The minimum atomic E-state index is -3.51. The maximum Gasteiger partial charge on any atom is 0.249 e. The van der Waals surface area contributed by atoms with Crippen LogP contribution < -0.4 is 0 Å². The number of aryl methyl sites for hydroxylation is 2. The van der Waals surface area contributed by atoms with Crippen LogP contribution in [-0.4, -0.2) is 23.2 Å². The molecule has 0 radical (unpaired) electrons. The van der Waals surface area contributed by atoms with Crippen molar-refractivity contribution in [2.75, 3.05) is 0 Å². The second-order valence-corrected chi connectivity index (χ2v) is 7.63. The van der Waals surface area contributed by atoms with Crippen molar-refractivity contribution in [2.24, 2.45) is 7.05 Å². The van der Waals surface area contributed by atoms with E-state index in [1.165, 1.54) is 0 Å². The summed E-state index contributed by atoms with van der Waals surface area (Å²) in [4.78, 5) is 0. The van der Waals surface area contributed by atoms with Crippen LogP contribution in [0.4, 0.5) is 0 Å². The minimum Gasteiger partial charge on any atom is -0.305 e. The lowest BCUT2D eigenvalue weighted by Crippen LogP contribution is -2.13. The van der Waals surface area contributed by atoms with Crippen molar-refractivity contribution in [3.05, 3.63) is 40.7 Å². The first kappa shape index (κ1) is 15.7. The molecule has 0 N–H and O–H groups in total. The van der Waals surface area contributed by atoms with Gasteiger partial charge in [0.2, 0.25) is 15.0 Å². The van der Waals surface area contributed by atoms with Crippen molar-refractivity contribution in [3.63, 3.8) is 0 Å². The van der Waals surface area contributed by atoms with E-state index < -0.39 is 9.84 Å². The third-order valence-corrected chi connectivity index (χ3v) is 5.12. The van der Waals surface area contributed by atoms with Gasteiger partial charge in [-0.3, -0.25) is 0 Å². The summed E-state index contributed by atoms with van der Waals surface area (Å²) in [6, 6.07) is 5.83. The highest BCUT2D eigenvalue weighted by atomic mass is 32.2. The first-order valence-electron chi connectivity index (χ1n) is 6.90. The minimum absolute atomic E-state index is 0.0344. The van der Waals surface area contributed by atoms with E-state index in [-0.39, 0.29) is 16.8 Å². The molecule has 0 aliphatic rings. The standard InChI is InChI=1S/C15H21N3O2S/c1-10(2)14-16-17-15(18(14)5)21(19,20)9-13-8-11(3)6-7-12(13)4/h6-8,10H,9H2,1-5H3. The Morgan fingerprint density at radius 2 is 1.86 bits per heavy atom. The molecule has 0 saturated heterocycles. The van der Waals surface area contributed by atoms with E-state index in [0.717, 1.165) is 16.7 Å². The van der Waals surface area contributed by atoms with E-state index in [0.29, 0.717) is 5.82 Å². The Balaban J connectivity index is 2.41. The van der Waals surface area contributed by atoms with Crippen molar-refractivity contribution in [2.45, 2.75) is 44.5 Å². The summed E-state index contributed by atoms with van der Waals surface area (Å²) >= 11 is 0. The average molecular weight is 307 g/mol. The van der Waals surface area contributed by atoms with Crippen LogP contribution in [0.5, 0.6) is 0 Å². The lowest BCUT2D eigenvalue weighted by molar-refractivity contribution is 0.573. The van der Waals surface area contributed by atoms with Gasteiger partial charge in [-0.2, -0.15) is 0 Å². The van der Waals surface area contributed by atoms with Crippen LogP contribution in [0.2, 0.25) is 0 Å². The molecule has 0 unspecified atom stereocenters. The van der Waals surface area contributed by atoms with Gasteiger partial charge in [0.05, 0.1) is 5.75 Å². The first-order valence-corrected chi connectivity index (χ1v) is 8.56. The third kappa shape index (κ3) is 3.15. The van der Waals surface area contributed by atoms with Crippen molar-refractivity contribution >= 4 is 9.84 Å². The van der Waals surface area contributed by atoms with Gasteiger partial charge in [-0.05, 0) is 25.0 Å². The number of hydrogen-bond donors (Lipinski definition) is 0. The van der Waals surface area contributed by atoms with Crippen LogP contribution >= 0.6 is 0 Å². The van der Waals surface area contributed by atoms with Crippen molar-refractivity contribution in [3.8, 4) is 0 Å². The van der Waals surface area contributed by atoms with Crippen molar-refractivity contribution in [1.82, 2.24) is 14.8 Å². The highest BCUT2D eigenvalue weighted by Crippen LogP contribution is 2.20. The zero-order valence-corrected chi connectivity index (χ0v) is 13.9. The summed E-state index contributed by atoms with van der Waals surface area (Å²) in [6.45, 7) is 7.80. The highest BCUT2D eigenvalue weighted by molar-refractivity contribution is 7.90. The van der Waals surface area contributed by atoms with Crippen LogP contribution in [0.15, 0.2) is 23.4 Å². The Morgan fingerprint density at radius 3 is 2.43 bits per heavy atom. The molecular formula is C15H21N3O2S. The molecule has 1 heterocycles. The Bertz CT molecular complexity index is 761. The molecule has 2 rings (SSSR count).